The molecule has 0 aromatic heterocycles. The normalized spacial score (nSPS) is 15.1. The Bertz CT molecular complexity index is 427. The number of alkyl halides is 1. The molecule has 102 valence electrons. The molecule has 5 nitrogen and oxygen atoms in total. The van der Waals surface area contributed by atoms with Gasteiger partial charge in [0.25, 0.3) is 0 Å². The minimum Gasteiger partial charge on any atom is -0.316 e. The van der Waals surface area contributed by atoms with Crippen molar-refractivity contribution >= 4 is 19.4 Å². The summed E-state index contributed by atoms with van der Waals surface area (Å²) in [5.41, 5.74) is 4.20. The van der Waals surface area contributed by atoms with E-state index in [1.165, 1.54) is 16.7 Å². The predicted octanol–water partition coefficient (Wildman–Crippen LogP) is 1.19. The molecule has 0 spiro atoms. The maximum absolute atomic E-state index is 8.88. The lowest BCUT2D eigenvalue weighted by atomic mass is 10.0. The molecule has 0 unspecified atom stereocenters. The summed E-state index contributed by atoms with van der Waals surface area (Å²) in [5, 5.41) is 3.40. The lowest BCUT2D eigenvalue weighted by molar-refractivity contribution is 0.275. The quantitative estimate of drug-likeness (QED) is 0.461. The Labute approximate surface area is 111 Å². The lowest BCUT2D eigenvalue weighted by Crippen LogP contribution is -2.16. The fourth-order valence-electron chi connectivity index (χ4n) is 1.81. The summed E-state index contributed by atoms with van der Waals surface area (Å²) in [6, 6.07) is 6.60. The first-order chi connectivity index (χ1) is 8.40. The van der Waals surface area contributed by atoms with Crippen LogP contribution in [0.4, 0.5) is 0 Å². The zero-order chi connectivity index (χ0) is 13.6. The molecule has 0 aliphatic carbocycles. The van der Waals surface area contributed by atoms with E-state index < -0.39 is 7.82 Å². The molecule has 0 saturated heterocycles. The van der Waals surface area contributed by atoms with Gasteiger partial charge in [0, 0.05) is 5.88 Å². The van der Waals surface area contributed by atoms with Crippen molar-refractivity contribution in [2.45, 2.75) is 18.7 Å². The second kappa shape index (κ2) is 7.24. The average molecular weight is 294 g/mol. The van der Waals surface area contributed by atoms with E-state index in [0.717, 1.165) is 25.9 Å². The molecule has 0 amide bonds. The first kappa shape index (κ1) is 15.6. The monoisotopic (exact) mass is 293 g/mol. The standard InChI is InChI=1S/C11H14ClN.H3O4P/c12-8-9-1-2-10-3-5-13-6-4-11(10)7-9;1-5(2,3)4/h1-2,7,13H,3-6,8H2;(H3,1,2,3,4). The molecule has 1 aromatic rings. The molecule has 1 aliphatic heterocycles. The topological polar surface area (TPSA) is 89.8 Å². The van der Waals surface area contributed by atoms with Crippen LogP contribution in [0.2, 0.25) is 0 Å². The first-order valence-corrected chi connectivity index (χ1v) is 7.66. The third-order valence-corrected chi connectivity index (χ3v) is 2.88. The Kier molecular flexibility index (Phi) is 6.29. The summed E-state index contributed by atoms with van der Waals surface area (Å²) < 4.78 is 8.88. The summed E-state index contributed by atoms with van der Waals surface area (Å²) in [6.45, 7) is 2.20. The highest BCUT2D eigenvalue weighted by Gasteiger charge is 2.07. The SMILES string of the molecule is ClCc1ccc2c(c1)CCNCC2.O=P(O)(O)O. The molecule has 1 aliphatic rings. The van der Waals surface area contributed by atoms with Gasteiger partial charge in [0.1, 0.15) is 0 Å². The van der Waals surface area contributed by atoms with E-state index in [1.54, 1.807) is 0 Å². The van der Waals surface area contributed by atoms with Crippen LogP contribution in [0.1, 0.15) is 16.7 Å². The zero-order valence-electron chi connectivity index (χ0n) is 9.84. The lowest BCUT2D eigenvalue weighted by Gasteiger charge is -2.06. The van der Waals surface area contributed by atoms with E-state index in [4.69, 9.17) is 30.8 Å². The van der Waals surface area contributed by atoms with Crippen LogP contribution in [-0.4, -0.2) is 27.8 Å². The number of nitrogens with one attached hydrogen (secondary N) is 1. The highest BCUT2D eigenvalue weighted by Crippen LogP contribution is 2.25. The summed E-state index contributed by atoms with van der Waals surface area (Å²) in [7, 11) is -4.64. The summed E-state index contributed by atoms with van der Waals surface area (Å²) in [5.74, 6) is 0.626. The van der Waals surface area contributed by atoms with Gasteiger partial charge < -0.3 is 20.0 Å². The van der Waals surface area contributed by atoms with Crippen LogP contribution in [0.25, 0.3) is 0 Å². The van der Waals surface area contributed by atoms with Gasteiger partial charge in [0.15, 0.2) is 0 Å². The van der Waals surface area contributed by atoms with Gasteiger partial charge in [-0.2, -0.15) is 0 Å². The van der Waals surface area contributed by atoms with Gasteiger partial charge >= 0.3 is 7.82 Å². The van der Waals surface area contributed by atoms with E-state index >= 15 is 0 Å². The van der Waals surface area contributed by atoms with Crippen molar-refractivity contribution < 1.29 is 19.2 Å². The number of phosphoric acid groups is 1. The first-order valence-electron chi connectivity index (χ1n) is 5.56. The minimum atomic E-state index is -4.64. The van der Waals surface area contributed by atoms with Crippen molar-refractivity contribution in [3.63, 3.8) is 0 Å². The predicted molar refractivity (Wildman–Crippen MR) is 70.5 cm³/mol. The molecule has 0 radical (unpaired) electrons. The molecular formula is C11H17ClNO4P. The Balaban J connectivity index is 0.000000280. The maximum atomic E-state index is 8.88. The van der Waals surface area contributed by atoms with Crippen LogP contribution in [-0.2, 0) is 23.3 Å². The van der Waals surface area contributed by atoms with Crippen LogP contribution in [0.5, 0.6) is 0 Å². The van der Waals surface area contributed by atoms with E-state index in [1.807, 2.05) is 0 Å². The van der Waals surface area contributed by atoms with Gasteiger partial charge in [-0.3, -0.25) is 0 Å². The van der Waals surface area contributed by atoms with Crippen LogP contribution in [0, 0.1) is 0 Å². The van der Waals surface area contributed by atoms with Gasteiger partial charge in [0.2, 0.25) is 0 Å². The summed E-state index contributed by atoms with van der Waals surface area (Å²) in [6.07, 6.45) is 2.29. The number of hydrogen-bond donors (Lipinski definition) is 4. The number of halogens is 1. The number of fused-ring (bicyclic) bond motifs is 1. The second-order valence-corrected chi connectivity index (χ2v) is 5.29. The van der Waals surface area contributed by atoms with Crippen LogP contribution < -0.4 is 5.32 Å². The number of hydrogen-bond acceptors (Lipinski definition) is 2. The van der Waals surface area contributed by atoms with Crippen molar-refractivity contribution in [3.8, 4) is 0 Å². The molecule has 0 atom stereocenters. The molecule has 0 fully saturated rings. The van der Waals surface area contributed by atoms with Gasteiger partial charge in [0.05, 0.1) is 0 Å². The summed E-state index contributed by atoms with van der Waals surface area (Å²) in [4.78, 5) is 21.6. The van der Waals surface area contributed by atoms with E-state index in [0.29, 0.717) is 5.88 Å². The van der Waals surface area contributed by atoms with Crippen molar-refractivity contribution in [1.82, 2.24) is 5.32 Å². The zero-order valence-corrected chi connectivity index (χ0v) is 11.5. The molecule has 18 heavy (non-hydrogen) atoms. The van der Waals surface area contributed by atoms with Crippen LogP contribution >= 0.6 is 19.4 Å². The highest BCUT2D eigenvalue weighted by molar-refractivity contribution is 7.45. The van der Waals surface area contributed by atoms with E-state index in [9.17, 15) is 0 Å². The van der Waals surface area contributed by atoms with E-state index in [2.05, 4.69) is 23.5 Å². The highest BCUT2D eigenvalue weighted by atomic mass is 35.5. The fraction of sp³-hybridized carbons (Fsp3) is 0.455. The second-order valence-electron chi connectivity index (χ2n) is 4.00. The molecule has 1 heterocycles. The van der Waals surface area contributed by atoms with Gasteiger partial charge in [-0.25, -0.2) is 4.57 Å². The molecule has 4 N–H and O–H groups in total. The van der Waals surface area contributed by atoms with Crippen molar-refractivity contribution in [2.24, 2.45) is 0 Å². The van der Waals surface area contributed by atoms with E-state index in [-0.39, 0.29) is 0 Å². The van der Waals surface area contributed by atoms with Crippen LogP contribution in [0.3, 0.4) is 0 Å². The van der Waals surface area contributed by atoms with Crippen molar-refractivity contribution in [2.75, 3.05) is 13.1 Å². The molecular weight excluding hydrogens is 277 g/mol. The van der Waals surface area contributed by atoms with Gasteiger partial charge in [-0.15, -0.1) is 11.6 Å². The minimum absolute atomic E-state index is 0.626. The van der Waals surface area contributed by atoms with Crippen LogP contribution in [0.15, 0.2) is 18.2 Å². The largest absolute Gasteiger partial charge is 0.466 e. The van der Waals surface area contributed by atoms with Gasteiger partial charge in [-0.1, -0.05) is 18.2 Å². The molecule has 2 rings (SSSR count). The van der Waals surface area contributed by atoms with Crippen molar-refractivity contribution in [3.05, 3.63) is 34.9 Å². The smallest absolute Gasteiger partial charge is 0.316 e. The Morgan fingerprint density at radius 1 is 1.17 bits per heavy atom. The maximum Gasteiger partial charge on any atom is 0.466 e. The summed E-state index contributed by atoms with van der Waals surface area (Å²) >= 11 is 5.79. The third-order valence-electron chi connectivity index (χ3n) is 2.57. The number of benzene rings is 1. The number of rotatable bonds is 1. The Morgan fingerprint density at radius 3 is 2.28 bits per heavy atom. The van der Waals surface area contributed by atoms with Gasteiger partial charge in [-0.05, 0) is 42.6 Å². The molecule has 7 heteroatoms. The molecule has 0 saturated carbocycles. The molecule has 0 bridgehead atoms. The molecule has 1 aromatic carbocycles. The fourth-order valence-corrected chi connectivity index (χ4v) is 1.98. The Hall–Kier alpha value is -0.420. The average Bonchev–Trinajstić information content (AvgIpc) is 2.50. The Morgan fingerprint density at radius 2 is 1.72 bits per heavy atom. The third kappa shape index (κ3) is 6.50. The van der Waals surface area contributed by atoms with Crippen molar-refractivity contribution in [1.29, 1.82) is 0 Å².